The van der Waals surface area contributed by atoms with Crippen LogP contribution < -0.4 is 10.2 Å². The second-order valence-electron chi connectivity index (χ2n) is 16.1. The van der Waals surface area contributed by atoms with Gasteiger partial charge in [-0.2, -0.15) is 0 Å². The van der Waals surface area contributed by atoms with E-state index in [0.717, 1.165) is 44.9 Å². The molecule has 1 heterocycles. The van der Waals surface area contributed by atoms with E-state index in [-0.39, 0.29) is 31.1 Å². The minimum atomic E-state index is -4.61. The third kappa shape index (κ3) is 31.6. The van der Waals surface area contributed by atoms with Gasteiger partial charge in [-0.15, -0.1) is 0 Å². The standard InChI is InChI=1S/C44H81N2O7P/c1-6-8-10-12-14-16-18-20-21-22-24-26-28-30-33-41(47)40(39-52-54(49,50)51-38-37-46(3,4)5)45-44(48)36-32-35-43-42(53-43)34-31-29-27-25-23-19-17-15-13-11-9-7-2/h15,17,23,25,29-31,33,40-43,47H,6-14,16,18-22,24,26-28,32,34-39H2,1-5H3,(H-,45,48,49,50)/b17-15-,25-23-,31-29-,33-30+/t40-,41+,42?,43?/m0/s1. The minimum Gasteiger partial charge on any atom is -0.756 e. The number of ether oxygens (including phenoxy) is 1. The zero-order chi connectivity index (χ0) is 39.8. The van der Waals surface area contributed by atoms with Gasteiger partial charge >= 0.3 is 0 Å². The fourth-order valence-corrected chi connectivity index (χ4v) is 6.84. The molecule has 1 saturated heterocycles. The highest BCUT2D eigenvalue weighted by atomic mass is 31.2. The second-order valence-corrected chi connectivity index (χ2v) is 17.5. The molecule has 0 radical (unpaired) electrons. The second kappa shape index (κ2) is 32.5. The predicted molar refractivity (Wildman–Crippen MR) is 223 cm³/mol. The van der Waals surface area contributed by atoms with Crippen molar-refractivity contribution in [1.82, 2.24) is 5.32 Å². The molecule has 2 N–H and O–H groups in total. The van der Waals surface area contributed by atoms with Gasteiger partial charge in [0, 0.05) is 6.42 Å². The molecular weight excluding hydrogens is 699 g/mol. The Labute approximate surface area is 331 Å². The predicted octanol–water partition coefficient (Wildman–Crippen LogP) is 10.0. The molecule has 54 heavy (non-hydrogen) atoms. The Balaban J connectivity index is 2.41. The van der Waals surface area contributed by atoms with E-state index in [4.69, 9.17) is 13.8 Å². The molecule has 10 heteroatoms. The summed E-state index contributed by atoms with van der Waals surface area (Å²) in [5.74, 6) is -0.261. The number of phosphoric acid groups is 1. The fraction of sp³-hybridized carbons (Fsp3) is 0.795. The number of hydrogen-bond donors (Lipinski definition) is 2. The Morgan fingerprint density at radius 1 is 0.759 bits per heavy atom. The number of aliphatic hydroxyl groups is 1. The summed E-state index contributed by atoms with van der Waals surface area (Å²) in [6, 6.07) is -0.925. The van der Waals surface area contributed by atoms with Gasteiger partial charge in [0.05, 0.1) is 52.1 Å². The van der Waals surface area contributed by atoms with E-state index < -0.39 is 26.6 Å². The number of carbonyl (C=O) groups excluding carboxylic acids is 1. The molecule has 1 aliphatic heterocycles. The van der Waals surface area contributed by atoms with Gasteiger partial charge in [-0.3, -0.25) is 9.36 Å². The van der Waals surface area contributed by atoms with Gasteiger partial charge in [0.25, 0.3) is 7.82 Å². The number of carbonyl (C=O) groups is 1. The van der Waals surface area contributed by atoms with Crippen molar-refractivity contribution >= 4 is 13.7 Å². The van der Waals surface area contributed by atoms with E-state index in [9.17, 15) is 19.4 Å². The van der Waals surface area contributed by atoms with E-state index in [1.54, 1.807) is 6.08 Å². The van der Waals surface area contributed by atoms with Crippen molar-refractivity contribution in [3.63, 3.8) is 0 Å². The smallest absolute Gasteiger partial charge is 0.268 e. The van der Waals surface area contributed by atoms with Crippen LogP contribution in [0.5, 0.6) is 0 Å². The molecule has 0 spiro atoms. The summed E-state index contributed by atoms with van der Waals surface area (Å²) >= 11 is 0. The van der Waals surface area contributed by atoms with Gasteiger partial charge in [-0.05, 0) is 57.8 Å². The Bertz CT molecular complexity index is 1090. The lowest BCUT2D eigenvalue weighted by molar-refractivity contribution is -0.870. The number of nitrogens with one attached hydrogen (secondary N) is 1. The molecule has 3 unspecified atom stereocenters. The number of unbranched alkanes of at least 4 members (excludes halogenated alkanes) is 15. The zero-order valence-electron chi connectivity index (χ0n) is 35.1. The molecular formula is C44H81N2O7P. The number of allylic oxidation sites excluding steroid dienone is 6. The monoisotopic (exact) mass is 781 g/mol. The Kier molecular flexibility index (Phi) is 30.4. The van der Waals surface area contributed by atoms with Crippen molar-refractivity contribution in [3.8, 4) is 0 Å². The van der Waals surface area contributed by atoms with E-state index in [2.05, 4.69) is 55.6 Å². The third-order valence-electron chi connectivity index (χ3n) is 9.71. The van der Waals surface area contributed by atoms with Crippen molar-refractivity contribution in [3.05, 3.63) is 48.6 Å². The summed E-state index contributed by atoms with van der Waals surface area (Å²) < 4.78 is 29.0. The number of quaternary nitrogens is 1. The van der Waals surface area contributed by atoms with Crippen molar-refractivity contribution in [2.75, 3.05) is 40.9 Å². The van der Waals surface area contributed by atoms with Gasteiger partial charge in [-0.25, -0.2) is 0 Å². The highest BCUT2D eigenvalue weighted by Crippen LogP contribution is 2.38. The lowest BCUT2D eigenvalue weighted by Gasteiger charge is -2.29. The fourth-order valence-electron chi connectivity index (χ4n) is 6.12. The van der Waals surface area contributed by atoms with Crippen LogP contribution in [0.25, 0.3) is 0 Å². The lowest BCUT2D eigenvalue weighted by Crippen LogP contribution is -2.45. The summed E-state index contributed by atoms with van der Waals surface area (Å²) in [5, 5.41) is 13.8. The first-order valence-electron chi connectivity index (χ1n) is 21.6. The highest BCUT2D eigenvalue weighted by Gasteiger charge is 2.36. The number of likely N-dealkylation sites (N-methyl/N-ethyl adjacent to an activating group) is 1. The van der Waals surface area contributed by atoms with Crippen LogP contribution in [-0.4, -0.2) is 80.8 Å². The first-order valence-corrected chi connectivity index (χ1v) is 23.1. The van der Waals surface area contributed by atoms with Crippen molar-refractivity contribution in [2.45, 2.75) is 186 Å². The van der Waals surface area contributed by atoms with Crippen LogP contribution in [0, 0.1) is 0 Å². The van der Waals surface area contributed by atoms with Crippen molar-refractivity contribution in [1.29, 1.82) is 0 Å². The summed E-state index contributed by atoms with van der Waals surface area (Å²) in [7, 11) is 1.21. The third-order valence-corrected chi connectivity index (χ3v) is 10.7. The number of rotatable bonds is 37. The number of epoxide rings is 1. The van der Waals surface area contributed by atoms with E-state index >= 15 is 0 Å². The molecule has 9 nitrogen and oxygen atoms in total. The molecule has 0 aromatic rings. The molecule has 5 atom stereocenters. The van der Waals surface area contributed by atoms with Crippen LogP contribution in [0.15, 0.2) is 48.6 Å². The Hall–Kier alpha value is -1.58. The molecule has 0 aliphatic carbocycles. The maximum Gasteiger partial charge on any atom is 0.268 e. The first-order chi connectivity index (χ1) is 26.0. The largest absolute Gasteiger partial charge is 0.756 e. The molecule has 0 aromatic heterocycles. The van der Waals surface area contributed by atoms with Crippen LogP contribution in [0.4, 0.5) is 0 Å². The highest BCUT2D eigenvalue weighted by molar-refractivity contribution is 7.45. The van der Waals surface area contributed by atoms with Crippen molar-refractivity contribution < 1.29 is 37.6 Å². The zero-order valence-corrected chi connectivity index (χ0v) is 36.0. The Morgan fingerprint density at radius 2 is 1.30 bits per heavy atom. The van der Waals surface area contributed by atoms with Gasteiger partial charge in [-0.1, -0.05) is 146 Å². The summed E-state index contributed by atoms with van der Waals surface area (Å²) in [5.41, 5.74) is 0. The SMILES string of the molecule is CCCCC/C=C\C/C=C\C/C=C\CC1OC1CCCC(=O)N[C@@H](COP(=O)([O-])OCC[N+](C)(C)C)[C@H](O)/C=C/CCCCCCCCCCCCCC. The van der Waals surface area contributed by atoms with Gasteiger partial charge in [0.15, 0.2) is 0 Å². The number of aliphatic hydroxyl groups excluding tert-OH is 1. The molecule has 0 saturated carbocycles. The first kappa shape index (κ1) is 50.4. The van der Waals surface area contributed by atoms with E-state index in [1.165, 1.54) is 89.9 Å². The summed E-state index contributed by atoms with van der Waals surface area (Å²) in [4.78, 5) is 25.4. The lowest BCUT2D eigenvalue weighted by atomic mass is 10.0. The number of phosphoric ester groups is 1. The summed E-state index contributed by atoms with van der Waals surface area (Å²) in [6.07, 6.45) is 41.7. The molecule has 1 aliphatic rings. The number of nitrogens with zero attached hydrogens (tertiary/aromatic N) is 1. The topological polar surface area (TPSA) is 120 Å². The number of amides is 1. The van der Waals surface area contributed by atoms with Crippen LogP contribution in [0.2, 0.25) is 0 Å². The maximum atomic E-state index is 12.9. The average molecular weight is 781 g/mol. The van der Waals surface area contributed by atoms with E-state index in [0.29, 0.717) is 17.4 Å². The van der Waals surface area contributed by atoms with Gasteiger partial charge < -0.3 is 33.6 Å². The normalized spacial score (nSPS) is 18.6. The van der Waals surface area contributed by atoms with Crippen LogP contribution in [-0.2, 0) is 23.1 Å². The average Bonchev–Trinajstić information content (AvgIpc) is 3.87. The molecule has 0 aromatic carbocycles. The quantitative estimate of drug-likeness (QED) is 0.0212. The van der Waals surface area contributed by atoms with Gasteiger partial charge in [0.2, 0.25) is 5.91 Å². The molecule has 0 bridgehead atoms. The van der Waals surface area contributed by atoms with E-state index in [1.807, 2.05) is 27.2 Å². The van der Waals surface area contributed by atoms with Crippen LogP contribution >= 0.6 is 7.82 Å². The minimum absolute atomic E-state index is 0.0169. The maximum absolute atomic E-state index is 12.9. The van der Waals surface area contributed by atoms with Crippen LogP contribution in [0.1, 0.15) is 162 Å². The Morgan fingerprint density at radius 3 is 1.93 bits per heavy atom. The molecule has 1 fully saturated rings. The molecule has 1 rings (SSSR count). The molecule has 314 valence electrons. The van der Waals surface area contributed by atoms with Crippen molar-refractivity contribution in [2.24, 2.45) is 0 Å². The van der Waals surface area contributed by atoms with Crippen LogP contribution in [0.3, 0.4) is 0 Å². The van der Waals surface area contributed by atoms with Gasteiger partial charge in [0.1, 0.15) is 13.2 Å². The summed E-state index contributed by atoms with van der Waals surface area (Å²) in [6.45, 7) is 4.54. The molecule has 1 amide bonds. The number of hydrogen-bond acceptors (Lipinski definition) is 7.